The van der Waals surface area contributed by atoms with Crippen LogP contribution in [0.4, 0.5) is 4.79 Å². The van der Waals surface area contributed by atoms with Crippen molar-refractivity contribution in [2.24, 2.45) is 5.73 Å². The van der Waals surface area contributed by atoms with Gasteiger partial charge in [-0.25, -0.2) is 9.78 Å². The molecule has 0 fully saturated rings. The van der Waals surface area contributed by atoms with E-state index in [1.54, 1.807) is 0 Å². The molecule has 0 aliphatic rings. The van der Waals surface area contributed by atoms with Crippen molar-refractivity contribution in [1.29, 1.82) is 0 Å². The maximum atomic E-state index is 10.7. The average Bonchev–Trinajstić information content (AvgIpc) is 2.42. The molecule has 1 heterocycles. The van der Waals surface area contributed by atoms with Gasteiger partial charge < -0.3 is 15.0 Å². The number of carbonyl (C=O) groups excluding carboxylic acids is 1. The summed E-state index contributed by atoms with van der Waals surface area (Å²) in [6.45, 7) is 6.57. The summed E-state index contributed by atoms with van der Waals surface area (Å²) in [5.41, 5.74) is 4.51. The van der Waals surface area contributed by atoms with Gasteiger partial charge in [-0.15, -0.1) is 0 Å². The average molecular weight is 351 g/mol. The zero-order valence-electron chi connectivity index (χ0n) is 10.4. The lowest BCUT2D eigenvalue weighted by atomic mass is 10.0. The fraction of sp³-hybridized carbons (Fsp3) is 0.636. The third-order valence-electron chi connectivity index (χ3n) is 2.50. The lowest BCUT2D eigenvalue weighted by Crippen LogP contribution is -2.31. The van der Waals surface area contributed by atoms with Crippen molar-refractivity contribution < 1.29 is 9.53 Å². The molecule has 0 radical (unpaired) electrons. The molecule has 0 aliphatic heterocycles. The van der Waals surface area contributed by atoms with Crippen LogP contribution in [0.1, 0.15) is 32.5 Å². The summed E-state index contributed by atoms with van der Waals surface area (Å²) in [6, 6.07) is 0. The Bertz CT molecular complexity index is 401. The van der Waals surface area contributed by atoms with Gasteiger partial charge in [0.2, 0.25) is 0 Å². The molecule has 0 atom stereocenters. The molecule has 17 heavy (non-hydrogen) atoms. The number of carbonyl (C=O) groups is 1. The maximum absolute atomic E-state index is 10.7. The Morgan fingerprint density at radius 3 is 2.76 bits per heavy atom. The van der Waals surface area contributed by atoms with Gasteiger partial charge in [0.05, 0.1) is 0 Å². The molecule has 0 aliphatic carbocycles. The Balaban J connectivity index is 2.42. The third kappa shape index (κ3) is 4.93. The van der Waals surface area contributed by atoms with Gasteiger partial charge in [0.15, 0.2) is 0 Å². The van der Waals surface area contributed by atoms with E-state index in [4.69, 9.17) is 10.5 Å². The zero-order chi connectivity index (χ0) is 13.1. The molecule has 96 valence electrons. The molecule has 1 aromatic rings. The molecule has 0 bridgehead atoms. The van der Waals surface area contributed by atoms with Crippen molar-refractivity contribution in [3.05, 3.63) is 15.7 Å². The van der Waals surface area contributed by atoms with Gasteiger partial charge in [-0.2, -0.15) is 0 Å². The first-order valence-corrected chi connectivity index (χ1v) is 6.56. The number of nitrogens with two attached hydrogens (primary N) is 1. The van der Waals surface area contributed by atoms with Crippen LogP contribution in [0, 0.1) is 10.6 Å². The zero-order valence-corrected chi connectivity index (χ0v) is 12.5. The topological polar surface area (TPSA) is 70.1 Å². The number of primary amides is 1. The first-order valence-electron chi connectivity index (χ1n) is 5.48. The highest BCUT2D eigenvalue weighted by atomic mass is 127. The number of ether oxygens (including phenoxy) is 1. The summed E-state index contributed by atoms with van der Waals surface area (Å²) in [4.78, 5) is 15.0. The van der Waals surface area contributed by atoms with E-state index in [9.17, 15) is 4.79 Å². The van der Waals surface area contributed by atoms with Crippen molar-refractivity contribution in [1.82, 2.24) is 9.55 Å². The lowest BCUT2D eigenvalue weighted by molar-refractivity contribution is 0.0368. The normalized spacial score (nSPS) is 11.5. The number of hydrogen-bond donors (Lipinski definition) is 1. The van der Waals surface area contributed by atoms with Gasteiger partial charge >= 0.3 is 6.09 Å². The smallest absolute Gasteiger partial charge is 0.405 e. The van der Waals surface area contributed by atoms with Crippen LogP contribution in [-0.4, -0.2) is 21.2 Å². The molecule has 0 unspecified atom stereocenters. The summed E-state index contributed by atoms with van der Waals surface area (Å²) < 4.78 is 8.12. The van der Waals surface area contributed by atoms with Gasteiger partial charge in [-0.3, -0.25) is 0 Å². The van der Waals surface area contributed by atoms with Crippen molar-refractivity contribution in [3.63, 3.8) is 0 Å². The van der Waals surface area contributed by atoms with E-state index in [-0.39, 0.29) is 0 Å². The molecule has 0 saturated heterocycles. The first-order chi connectivity index (χ1) is 7.80. The Morgan fingerprint density at radius 1 is 1.65 bits per heavy atom. The minimum atomic E-state index is -0.719. The van der Waals surface area contributed by atoms with E-state index in [1.807, 2.05) is 27.0 Å². The first kappa shape index (κ1) is 14.3. The van der Waals surface area contributed by atoms with Crippen molar-refractivity contribution >= 4 is 28.7 Å². The number of amides is 1. The highest BCUT2D eigenvalue weighted by Crippen LogP contribution is 2.17. The highest BCUT2D eigenvalue weighted by Gasteiger charge is 2.21. The second kappa shape index (κ2) is 5.70. The standard InChI is InChI=1S/C11H18IN3O2/c1-8-14-9(12)7-15(8)6-4-5-11(2,3)17-10(13)16/h7H,4-6H2,1-3H3,(H2,13,16). The quantitative estimate of drug-likeness (QED) is 0.829. The summed E-state index contributed by atoms with van der Waals surface area (Å²) in [5.74, 6) is 1.00. The lowest BCUT2D eigenvalue weighted by Gasteiger charge is -2.23. The fourth-order valence-electron chi connectivity index (χ4n) is 1.69. The molecule has 5 nitrogen and oxygen atoms in total. The van der Waals surface area contributed by atoms with Crippen LogP contribution in [0.3, 0.4) is 0 Å². The monoisotopic (exact) mass is 351 g/mol. The van der Waals surface area contributed by atoms with Gasteiger partial charge in [0.25, 0.3) is 0 Å². The molecule has 1 amide bonds. The van der Waals surface area contributed by atoms with Crippen molar-refractivity contribution in [2.45, 2.75) is 45.8 Å². The van der Waals surface area contributed by atoms with E-state index in [1.165, 1.54) is 0 Å². The predicted octanol–water partition coefficient (Wildman–Crippen LogP) is 2.45. The molecule has 0 aromatic carbocycles. The van der Waals surface area contributed by atoms with Crippen LogP contribution >= 0.6 is 22.6 Å². The Morgan fingerprint density at radius 2 is 2.29 bits per heavy atom. The highest BCUT2D eigenvalue weighted by molar-refractivity contribution is 14.1. The second-order valence-electron chi connectivity index (χ2n) is 4.59. The molecule has 2 N–H and O–H groups in total. The summed E-state index contributed by atoms with van der Waals surface area (Å²) in [5, 5.41) is 0. The summed E-state index contributed by atoms with van der Waals surface area (Å²) in [7, 11) is 0. The number of nitrogens with zero attached hydrogens (tertiary/aromatic N) is 2. The largest absolute Gasteiger partial charge is 0.444 e. The van der Waals surface area contributed by atoms with Gasteiger partial charge in [-0.1, -0.05) is 0 Å². The maximum Gasteiger partial charge on any atom is 0.405 e. The van der Waals surface area contributed by atoms with Gasteiger partial charge in [-0.05, 0) is 56.2 Å². The fourth-order valence-corrected chi connectivity index (χ4v) is 2.38. The van der Waals surface area contributed by atoms with Gasteiger partial charge in [0.1, 0.15) is 15.1 Å². The number of imidazole rings is 1. The van der Waals surface area contributed by atoms with E-state index in [0.717, 1.165) is 28.9 Å². The molecule has 6 heteroatoms. The Kier molecular flexibility index (Phi) is 4.79. The number of halogens is 1. The van der Waals surface area contributed by atoms with E-state index < -0.39 is 11.7 Å². The number of aryl methyl sites for hydroxylation is 2. The SMILES string of the molecule is Cc1nc(I)cn1CCCC(C)(C)OC(N)=O. The van der Waals surface area contributed by atoms with Gasteiger partial charge in [0, 0.05) is 12.7 Å². The molecule has 1 rings (SSSR count). The minimum Gasteiger partial charge on any atom is -0.444 e. The Labute approximate surface area is 115 Å². The number of aromatic nitrogens is 2. The number of hydrogen-bond acceptors (Lipinski definition) is 3. The van der Waals surface area contributed by atoms with Crippen LogP contribution in [-0.2, 0) is 11.3 Å². The predicted molar refractivity (Wildman–Crippen MR) is 73.7 cm³/mol. The molecular weight excluding hydrogens is 333 g/mol. The van der Waals surface area contributed by atoms with E-state index in [0.29, 0.717) is 0 Å². The van der Waals surface area contributed by atoms with Crippen LogP contribution in [0.5, 0.6) is 0 Å². The molecular formula is C11H18IN3O2. The van der Waals surface area contributed by atoms with Crippen LogP contribution in [0.15, 0.2) is 6.20 Å². The van der Waals surface area contributed by atoms with Crippen molar-refractivity contribution in [2.75, 3.05) is 0 Å². The van der Waals surface area contributed by atoms with Crippen LogP contribution < -0.4 is 5.73 Å². The Hall–Kier alpha value is -0.790. The summed E-state index contributed by atoms with van der Waals surface area (Å²) in [6.07, 6.45) is 2.97. The second-order valence-corrected chi connectivity index (χ2v) is 5.69. The molecule has 0 spiro atoms. The van der Waals surface area contributed by atoms with Crippen LogP contribution in [0.25, 0.3) is 0 Å². The van der Waals surface area contributed by atoms with E-state index in [2.05, 4.69) is 32.1 Å². The van der Waals surface area contributed by atoms with Crippen LogP contribution in [0.2, 0.25) is 0 Å². The summed E-state index contributed by atoms with van der Waals surface area (Å²) >= 11 is 2.19. The minimum absolute atomic E-state index is 0.506. The molecule has 0 saturated carbocycles. The van der Waals surface area contributed by atoms with Crippen molar-refractivity contribution in [3.8, 4) is 0 Å². The molecule has 1 aromatic heterocycles. The number of rotatable bonds is 5. The third-order valence-corrected chi connectivity index (χ3v) is 3.02. The van der Waals surface area contributed by atoms with E-state index >= 15 is 0 Å².